The number of alkyl carbamates (subject to hydrolysis) is 1. The van der Waals surface area contributed by atoms with Crippen LogP contribution in [0.5, 0.6) is 11.5 Å². The first kappa shape index (κ1) is 14.5. The highest BCUT2D eigenvalue weighted by molar-refractivity contribution is 5.69. The van der Waals surface area contributed by atoms with Crippen LogP contribution in [0.3, 0.4) is 0 Å². The number of carbonyl (C=O) groups excluding carboxylic acids is 1. The van der Waals surface area contributed by atoms with Gasteiger partial charge in [-0.05, 0) is 20.0 Å². The maximum Gasteiger partial charge on any atom is 0.407 e. The molecular formula is C14H20N2O4. The van der Waals surface area contributed by atoms with E-state index in [4.69, 9.17) is 14.2 Å². The number of rotatable bonds is 6. The number of hydrogen-bond donors (Lipinski definition) is 2. The summed E-state index contributed by atoms with van der Waals surface area (Å²) in [6.07, 6.45) is -0.653. The van der Waals surface area contributed by atoms with Gasteiger partial charge < -0.3 is 24.8 Å². The summed E-state index contributed by atoms with van der Waals surface area (Å²) in [6.45, 7) is 2.83. The minimum absolute atomic E-state index is 0.153. The number of amides is 1. The molecule has 1 saturated heterocycles. The highest BCUT2D eigenvalue weighted by Gasteiger charge is 2.23. The van der Waals surface area contributed by atoms with Gasteiger partial charge in [0.05, 0.1) is 13.7 Å². The average molecular weight is 280 g/mol. The minimum Gasteiger partial charge on any atom is -0.497 e. The van der Waals surface area contributed by atoms with Gasteiger partial charge in [0.15, 0.2) is 6.10 Å². The molecule has 0 spiro atoms. The van der Waals surface area contributed by atoms with Crippen molar-refractivity contribution in [2.45, 2.75) is 19.1 Å². The van der Waals surface area contributed by atoms with Gasteiger partial charge >= 0.3 is 6.09 Å². The van der Waals surface area contributed by atoms with E-state index in [1.54, 1.807) is 7.11 Å². The van der Waals surface area contributed by atoms with Crippen molar-refractivity contribution in [3.8, 4) is 11.5 Å². The quantitative estimate of drug-likeness (QED) is 0.825. The number of carbonyl (C=O) groups is 1. The van der Waals surface area contributed by atoms with Crippen LogP contribution in [0.1, 0.15) is 18.5 Å². The van der Waals surface area contributed by atoms with E-state index in [9.17, 15) is 4.79 Å². The molecule has 1 aromatic carbocycles. The van der Waals surface area contributed by atoms with Gasteiger partial charge in [0.25, 0.3) is 0 Å². The summed E-state index contributed by atoms with van der Waals surface area (Å²) in [5.41, 5.74) is 1.03. The fourth-order valence-electron chi connectivity index (χ4n) is 1.99. The van der Waals surface area contributed by atoms with E-state index in [1.807, 2.05) is 32.2 Å². The highest BCUT2D eigenvalue weighted by Crippen LogP contribution is 2.29. The molecule has 1 aliphatic rings. The molecule has 1 fully saturated rings. The zero-order valence-electron chi connectivity index (χ0n) is 11.9. The Kier molecular flexibility index (Phi) is 4.68. The van der Waals surface area contributed by atoms with Gasteiger partial charge in [0.2, 0.25) is 0 Å². The summed E-state index contributed by atoms with van der Waals surface area (Å²) < 4.78 is 16.1. The largest absolute Gasteiger partial charge is 0.497 e. The van der Waals surface area contributed by atoms with Crippen molar-refractivity contribution in [2.75, 3.05) is 27.3 Å². The van der Waals surface area contributed by atoms with Crippen LogP contribution in [0.25, 0.3) is 0 Å². The maximum absolute atomic E-state index is 11.0. The highest BCUT2D eigenvalue weighted by atomic mass is 16.6. The summed E-state index contributed by atoms with van der Waals surface area (Å²) in [6, 6.07) is 5.86. The average Bonchev–Trinajstić information content (AvgIpc) is 2.89. The Balaban J connectivity index is 2.09. The summed E-state index contributed by atoms with van der Waals surface area (Å²) in [7, 11) is 3.50. The zero-order chi connectivity index (χ0) is 14.5. The Morgan fingerprint density at radius 3 is 2.95 bits per heavy atom. The van der Waals surface area contributed by atoms with Crippen LogP contribution in [0, 0.1) is 0 Å². The molecule has 6 nitrogen and oxygen atoms in total. The fraction of sp³-hybridized carbons (Fsp3) is 0.500. The lowest BCUT2D eigenvalue weighted by Crippen LogP contribution is -2.23. The van der Waals surface area contributed by atoms with Gasteiger partial charge in [-0.1, -0.05) is 6.07 Å². The Labute approximate surface area is 118 Å². The Morgan fingerprint density at radius 2 is 2.35 bits per heavy atom. The van der Waals surface area contributed by atoms with Crippen LogP contribution in [-0.2, 0) is 4.74 Å². The van der Waals surface area contributed by atoms with Gasteiger partial charge in [-0.15, -0.1) is 0 Å². The summed E-state index contributed by atoms with van der Waals surface area (Å²) in [5.74, 6) is 1.46. The molecule has 20 heavy (non-hydrogen) atoms. The molecule has 1 aliphatic heterocycles. The van der Waals surface area contributed by atoms with Crippen LogP contribution in [0.15, 0.2) is 18.2 Å². The van der Waals surface area contributed by atoms with E-state index in [0.717, 1.165) is 17.1 Å². The molecule has 2 rings (SSSR count). The van der Waals surface area contributed by atoms with E-state index in [-0.39, 0.29) is 12.1 Å². The predicted molar refractivity (Wildman–Crippen MR) is 74.2 cm³/mol. The van der Waals surface area contributed by atoms with Gasteiger partial charge in [-0.2, -0.15) is 0 Å². The molecule has 6 heteroatoms. The molecular weight excluding hydrogens is 260 g/mol. The first-order chi connectivity index (χ1) is 9.63. The van der Waals surface area contributed by atoms with Crippen LogP contribution in [0.2, 0.25) is 0 Å². The predicted octanol–water partition coefficient (Wildman–Crippen LogP) is 1.46. The summed E-state index contributed by atoms with van der Waals surface area (Å²) in [4.78, 5) is 11.0. The molecule has 0 saturated carbocycles. The molecule has 0 bridgehead atoms. The molecule has 0 aromatic heterocycles. The number of benzene rings is 1. The van der Waals surface area contributed by atoms with Crippen LogP contribution in [-0.4, -0.2) is 39.5 Å². The SMILES string of the molecule is CNC(C)c1ccc(OC)cc1OCC1CNC(=O)O1. The third kappa shape index (κ3) is 3.33. The Bertz CT molecular complexity index is 478. The van der Waals surface area contributed by atoms with Crippen LogP contribution in [0.4, 0.5) is 4.79 Å². The number of cyclic esters (lactones) is 1. The number of hydrogen-bond acceptors (Lipinski definition) is 5. The van der Waals surface area contributed by atoms with Gasteiger partial charge in [-0.25, -0.2) is 4.79 Å². The van der Waals surface area contributed by atoms with Crippen LogP contribution < -0.4 is 20.1 Å². The number of methoxy groups -OCH3 is 1. The minimum atomic E-state index is -0.395. The van der Waals surface area contributed by atoms with Crippen molar-refractivity contribution in [3.63, 3.8) is 0 Å². The second-order valence-corrected chi connectivity index (χ2v) is 4.63. The number of ether oxygens (including phenoxy) is 3. The molecule has 1 amide bonds. The normalized spacial score (nSPS) is 19.1. The zero-order valence-corrected chi connectivity index (χ0v) is 11.9. The van der Waals surface area contributed by atoms with E-state index in [1.165, 1.54) is 0 Å². The van der Waals surface area contributed by atoms with Crippen molar-refractivity contribution in [1.29, 1.82) is 0 Å². The Hall–Kier alpha value is -1.95. The van der Waals surface area contributed by atoms with E-state index in [2.05, 4.69) is 10.6 Å². The molecule has 2 unspecified atom stereocenters. The van der Waals surface area contributed by atoms with Crippen LogP contribution >= 0.6 is 0 Å². The van der Waals surface area contributed by atoms with Crippen molar-refractivity contribution in [2.24, 2.45) is 0 Å². The Morgan fingerprint density at radius 1 is 1.55 bits per heavy atom. The molecule has 0 radical (unpaired) electrons. The van der Waals surface area contributed by atoms with Gasteiger partial charge in [0.1, 0.15) is 18.1 Å². The monoisotopic (exact) mass is 280 g/mol. The smallest absolute Gasteiger partial charge is 0.407 e. The molecule has 2 N–H and O–H groups in total. The van der Waals surface area contributed by atoms with E-state index >= 15 is 0 Å². The van der Waals surface area contributed by atoms with Crippen molar-refractivity contribution in [1.82, 2.24) is 10.6 Å². The molecule has 1 heterocycles. The first-order valence-corrected chi connectivity index (χ1v) is 6.56. The molecule has 2 atom stereocenters. The number of nitrogens with one attached hydrogen (secondary N) is 2. The lowest BCUT2D eigenvalue weighted by molar-refractivity contribution is 0.104. The third-order valence-electron chi connectivity index (χ3n) is 3.29. The van der Waals surface area contributed by atoms with Crippen molar-refractivity contribution in [3.05, 3.63) is 23.8 Å². The molecule has 1 aromatic rings. The second kappa shape index (κ2) is 6.47. The van der Waals surface area contributed by atoms with E-state index < -0.39 is 6.09 Å². The standard InChI is InChI=1S/C14H20N2O4/c1-9(15-2)12-5-4-10(18-3)6-13(12)19-8-11-7-16-14(17)20-11/h4-6,9,11,15H,7-8H2,1-3H3,(H,16,17). The van der Waals surface area contributed by atoms with Gasteiger partial charge in [0, 0.05) is 17.7 Å². The third-order valence-corrected chi connectivity index (χ3v) is 3.29. The maximum atomic E-state index is 11.0. The van der Waals surface area contributed by atoms with E-state index in [0.29, 0.717) is 13.2 Å². The van der Waals surface area contributed by atoms with Gasteiger partial charge in [-0.3, -0.25) is 0 Å². The molecule has 110 valence electrons. The van der Waals surface area contributed by atoms with Crippen molar-refractivity contribution >= 4 is 6.09 Å². The van der Waals surface area contributed by atoms with Crippen molar-refractivity contribution < 1.29 is 19.0 Å². The summed E-state index contributed by atoms with van der Waals surface area (Å²) in [5, 5.41) is 5.77. The lowest BCUT2D eigenvalue weighted by atomic mass is 10.1. The fourth-order valence-corrected chi connectivity index (χ4v) is 1.99. The molecule has 0 aliphatic carbocycles. The topological polar surface area (TPSA) is 68.8 Å². The first-order valence-electron chi connectivity index (χ1n) is 6.56. The lowest BCUT2D eigenvalue weighted by Gasteiger charge is -2.18. The second-order valence-electron chi connectivity index (χ2n) is 4.63. The summed E-state index contributed by atoms with van der Waals surface area (Å²) >= 11 is 0.